The number of aliphatic carboxylic acids is 1. The van der Waals surface area contributed by atoms with Gasteiger partial charge in [-0.2, -0.15) is 17.9 Å². The summed E-state index contributed by atoms with van der Waals surface area (Å²) in [5, 5.41) is 14.1. The van der Waals surface area contributed by atoms with Crippen molar-refractivity contribution in [3.8, 4) is 11.8 Å². The Bertz CT molecular complexity index is 1100. The van der Waals surface area contributed by atoms with E-state index >= 15 is 0 Å². The molecule has 0 bridgehead atoms. The Morgan fingerprint density at radius 2 is 1.87 bits per heavy atom. The summed E-state index contributed by atoms with van der Waals surface area (Å²) in [5.74, 6) is -3.67. The minimum atomic E-state index is -5.08. The fourth-order valence-electron chi connectivity index (χ4n) is 2.10. The first-order valence-electron chi connectivity index (χ1n) is 8.23. The van der Waals surface area contributed by atoms with Crippen molar-refractivity contribution in [2.75, 3.05) is 12.4 Å². The van der Waals surface area contributed by atoms with Crippen molar-refractivity contribution >= 4 is 27.6 Å². The number of carbonyl (C=O) groups is 1. The number of nitrogens with zero attached hydrogens (tertiary/aromatic N) is 2. The van der Waals surface area contributed by atoms with Gasteiger partial charge in [0.2, 0.25) is 0 Å². The Labute approximate surface area is 180 Å². The van der Waals surface area contributed by atoms with Crippen LogP contribution in [0, 0.1) is 5.82 Å². The number of aromatic nitrogens is 2. The number of ether oxygens (including phenoxy) is 1. The zero-order valence-electron chi connectivity index (χ0n) is 15.6. The minimum absolute atomic E-state index is 0.104. The van der Waals surface area contributed by atoms with E-state index in [1.54, 1.807) is 36.4 Å². The van der Waals surface area contributed by atoms with Crippen LogP contribution in [0.5, 0.6) is 6.08 Å². The Morgan fingerprint density at radius 3 is 2.39 bits per heavy atom. The molecule has 0 aliphatic carbocycles. The van der Waals surface area contributed by atoms with Gasteiger partial charge < -0.3 is 19.6 Å². The number of methoxy groups -OCH3 is 1. The molecule has 0 amide bonds. The highest BCUT2D eigenvalue weighted by atomic mass is 79.9. The zero-order valence-corrected chi connectivity index (χ0v) is 17.2. The van der Waals surface area contributed by atoms with E-state index in [1.807, 2.05) is 0 Å². The Balaban J connectivity index is 0.000000423. The molecule has 31 heavy (non-hydrogen) atoms. The molecule has 0 radical (unpaired) electrons. The van der Waals surface area contributed by atoms with E-state index in [-0.39, 0.29) is 11.9 Å². The van der Waals surface area contributed by atoms with Gasteiger partial charge in [-0.15, -0.1) is 0 Å². The first kappa shape index (κ1) is 23.9. The van der Waals surface area contributed by atoms with Crippen LogP contribution >= 0.6 is 15.9 Å². The maximum absolute atomic E-state index is 13.7. The summed E-state index contributed by atoms with van der Waals surface area (Å²) in [6, 6.07) is 11.7. The van der Waals surface area contributed by atoms with Gasteiger partial charge in [-0.3, -0.25) is 0 Å². The highest BCUT2D eigenvalue weighted by molar-refractivity contribution is 9.10. The predicted molar refractivity (Wildman–Crippen MR) is 104 cm³/mol. The van der Waals surface area contributed by atoms with E-state index in [1.165, 1.54) is 13.2 Å². The third-order valence-corrected chi connectivity index (χ3v) is 4.04. The monoisotopic (exact) mass is 507 g/mol. The molecule has 1 aromatic heterocycles. The SMILES string of the molecule is COc1nn(-c2ccc(NCc3cc(Br)ccc3F)cc2)c(=O)o1.O=C(O)C(F)(F)F. The molecule has 1 heterocycles. The number of hydrogen-bond acceptors (Lipinski definition) is 6. The van der Waals surface area contributed by atoms with Crippen LogP contribution < -0.4 is 15.8 Å². The summed E-state index contributed by atoms with van der Waals surface area (Å²) >= 11 is 3.32. The molecule has 166 valence electrons. The average molecular weight is 508 g/mol. The van der Waals surface area contributed by atoms with Gasteiger partial charge in [-0.05, 0) is 42.5 Å². The quantitative estimate of drug-likeness (QED) is 0.503. The Hall–Kier alpha value is -3.35. The number of carboxylic acids is 1. The molecule has 0 atom stereocenters. The van der Waals surface area contributed by atoms with Gasteiger partial charge in [0.15, 0.2) is 0 Å². The van der Waals surface area contributed by atoms with Crippen molar-refractivity contribution in [3.05, 3.63) is 68.9 Å². The van der Waals surface area contributed by atoms with Gasteiger partial charge in [-0.25, -0.2) is 14.0 Å². The average Bonchev–Trinajstić information content (AvgIpc) is 3.09. The van der Waals surface area contributed by atoms with Crippen molar-refractivity contribution in [2.45, 2.75) is 12.7 Å². The molecule has 8 nitrogen and oxygen atoms in total. The maximum Gasteiger partial charge on any atom is 0.490 e. The largest absolute Gasteiger partial charge is 0.490 e. The summed E-state index contributed by atoms with van der Waals surface area (Å²) in [4.78, 5) is 20.6. The van der Waals surface area contributed by atoms with Crippen molar-refractivity contribution in [1.82, 2.24) is 9.78 Å². The van der Waals surface area contributed by atoms with Crippen molar-refractivity contribution in [1.29, 1.82) is 0 Å². The smallest absolute Gasteiger partial charge is 0.475 e. The van der Waals surface area contributed by atoms with Crippen LogP contribution in [0.25, 0.3) is 5.69 Å². The molecule has 2 aromatic carbocycles. The molecule has 0 saturated heterocycles. The standard InChI is InChI=1S/C16H13BrFN3O3.C2HF3O2/c1-23-15-20-21(16(22)24-15)13-5-3-12(4-6-13)19-9-10-8-11(17)2-7-14(10)18;3-2(4,5)1(6)7/h2-8,19H,9H2,1H3;(H,6,7). The second-order valence-corrected chi connectivity index (χ2v) is 6.60. The Morgan fingerprint density at radius 1 is 1.26 bits per heavy atom. The number of alkyl halides is 3. The molecule has 0 unspecified atom stereocenters. The molecular formula is C18H14BrF4N3O5. The summed E-state index contributed by atoms with van der Waals surface area (Å²) in [6.45, 7) is 0.336. The third kappa shape index (κ3) is 6.84. The van der Waals surface area contributed by atoms with Gasteiger partial charge in [0.1, 0.15) is 5.82 Å². The van der Waals surface area contributed by atoms with E-state index in [0.717, 1.165) is 14.8 Å². The molecule has 0 aliphatic heterocycles. The van der Waals surface area contributed by atoms with Crippen LogP contribution in [0.15, 0.2) is 56.1 Å². The lowest BCUT2D eigenvalue weighted by atomic mass is 10.2. The summed E-state index contributed by atoms with van der Waals surface area (Å²) < 4.78 is 56.9. The zero-order chi connectivity index (χ0) is 23.2. The van der Waals surface area contributed by atoms with Gasteiger partial charge in [0.25, 0.3) is 0 Å². The lowest BCUT2D eigenvalue weighted by molar-refractivity contribution is -0.192. The number of carboxylic acid groups (broad SMARTS) is 1. The van der Waals surface area contributed by atoms with Crippen LogP contribution in [0.4, 0.5) is 23.2 Å². The van der Waals surface area contributed by atoms with Crippen LogP contribution in [-0.4, -0.2) is 34.1 Å². The van der Waals surface area contributed by atoms with Crippen LogP contribution in [0.2, 0.25) is 0 Å². The molecular weight excluding hydrogens is 494 g/mol. The number of nitrogens with one attached hydrogen (secondary N) is 1. The number of rotatable bonds is 5. The van der Waals surface area contributed by atoms with Gasteiger partial charge in [0, 0.05) is 22.3 Å². The second-order valence-electron chi connectivity index (χ2n) is 5.69. The van der Waals surface area contributed by atoms with Crippen LogP contribution in [0.3, 0.4) is 0 Å². The summed E-state index contributed by atoms with van der Waals surface area (Å²) in [5.41, 5.74) is 1.86. The minimum Gasteiger partial charge on any atom is -0.475 e. The lowest BCUT2D eigenvalue weighted by Gasteiger charge is -2.08. The van der Waals surface area contributed by atoms with Gasteiger partial charge in [0.05, 0.1) is 12.8 Å². The number of halogens is 5. The maximum atomic E-state index is 13.7. The van der Waals surface area contributed by atoms with Crippen molar-refractivity contribution in [2.24, 2.45) is 0 Å². The molecule has 3 rings (SSSR count). The molecule has 0 aliphatic rings. The molecule has 2 N–H and O–H groups in total. The van der Waals surface area contributed by atoms with Crippen LogP contribution in [-0.2, 0) is 11.3 Å². The highest BCUT2D eigenvalue weighted by Gasteiger charge is 2.38. The van der Waals surface area contributed by atoms with E-state index in [2.05, 4.69) is 26.3 Å². The second kappa shape index (κ2) is 10.1. The molecule has 13 heteroatoms. The molecule has 0 saturated carbocycles. The third-order valence-electron chi connectivity index (χ3n) is 3.55. The van der Waals surface area contributed by atoms with E-state index < -0.39 is 17.9 Å². The summed E-state index contributed by atoms with van der Waals surface area (Å²) in [7, 11) is 1.36. The summed E-state index contributed by atoms with van der Waals surface area (Å²) in [6.07, 6.45) is -5.19. The predicted octanol–water partition coefficient (Wildman–Crippen LogP) is 3.98. The van der Waals surface area contributed by atoms with Gasteiger partial charge in [-0.1, -0.05) is 21.0 Å². The van der Waals surface area contributed by atoms with E-state index in [0.29, 0.717) is 17.8 Å². The van der Waals surface area contributed by atoms with E-state index in [9.17, 15) is 22.4 Å². The van der Waals surface area contributed by atoms with Gasteiger partial charge >= 0.3 is 24.0 Å². The number of hydrogen-bond donors (Lipinski definition) is 2. The fourth-order valence-corrected chi connectivity index (χ4v) is 2.51. The van der Waals surface area contributed by atoms with Crippen molar-refractivity contribution < 1.29 is 36.6 Å². The number of anilines is 1. The normalized spacial score (nSPS) is 10.8. The Kier molecular flexibility index (Phi) is 7.80. The first-order valence-corrected chi connectivity index (χ1v) is 9.03. The van der Waals surface area contributed by atoms with E-state index in [4.69, 9.17) is 19.1 Å². The molecule has 0 spiro atoms. The topological polar surface area (TPSA) is 107 Å². The first-order chi connectivity index (χ1) is 14.5. The lowest BCUT2D eigenvalue weighted by Crippen LogP contribution is -2.21. The molecule has 3 aromatic rings. The molecule has 0 fully saturated rings. The highest BCUT2D eigenvalue weighted by Crippen LogP contribution is 2.18. The number of benzene rings is 2. The fraction of sp³-hybridized carbons (Fsp3) is 0.167. The van der Waals surface area contributed by atoms with Crippen molar-refractivity contribution in [3.63, 3.8) is 0 Å². The van der Waals surface area contributed by atoms with Crippen LogP contribution in [0.1, 0.15) is 5.56 Å².